The zero-order valence-corrected chi connectivity index (χ0v) is 18.9. The number of allylic oxidation sites excluding steroid dienone is 1. The number of carbonyl (C=O) groups is 1. The van der Waals surface area contributed by atoms with Crippen LogP contribution in [0, 0.1) is 12.8 Å². The van der Waals surface area contributed by atoms with Crippen LogP contribution in [0.2, 0.25) is 0 Å². The van der Waals surface area contributed by atoms with Gasteiger partial charge in [0.2, 0.25) is 0 Å². The van der Waals surface area contributed by atoms with Crippen LogP contribution >= 0.6 is 0 Å². The predicted molar refractivity (Wildman–Crippen MR) is 132 cm³/mol. The number of alkyl halides is 1. The summed E-state index contributed by atoms with van der Waals surface area (Å²) in [5.41, 5.74) is 13.9. The molecule has 5 nitrogen and oxygen atoms in total. The van der Waals surface area contributed by atoms with E-state index in [2.05, 4.69) is 23.8 Å². The molecule has 1 atom stereocenters. The van der Waals surface area contributed by atoms with Crippen molar-refractivity contribution in [3.8, 4) is 0 Å². The molecule has 1 aliphatic carbocycles. The Kier molecular flexibility index (Phi) is 5.99. The van der Waals surface area contributed by atoms with Gasteiger partial charge in [0.25, 0.3) is 0 Å². The highest BCUT2D eigenvalue weighted by Gasteiger charge is 2.30. The quantitative estimate of drug-likeness (QED) is 0.307. The molecule has 6 heteroatoms. The van der Waals surface area contributed by atoms with E-state index in [4.69, 9.17) is 10.1 Å². The van der Waals surface area contributed by atoms with Gasteiger partial charge in [0.15, 0.2) is 6.30 Å². The van der Waals surface area contributed by atoms with Crippen LogP contribution in [-0.2, 0) is 4.79 Å². The molecule has 1 aliphatic heterocycles. The van der Waals surface area contributed by atoms with Gasteiger partial charge < -0.3 is 10.5 Å². The van der Waals surface area contributed by atoms with Crippen LogP contribution in [0.3, 0.4) is 0 Å². The molecule has 0 radical (unpaired) electrons. The number of hydrazine groups is 1. The molecule has 2 heterocycles. The highest BCUT2D eigenvalue weighted by Crippen LogP contribution is 2.46. The monoisotopic (exact) mass is 455 g/mol. The fraction of sp³-hybridized carbons (Fsp3) is 0.214. The van der Waals surface area contributed by atoms with Crippen molar-refractivity contribution >= 4 is 28.9 Å². The van der Waals surface area contributed by atoms with Gasteiger partial charge in [0, 0.05) is 17.8 Å². The summed E-state index contributed by atoms with van der Waals surface area (Å²) in [7, 11) is 0. The molecule has 1 unspecified atom stereocenters. The molecular weight excluding hydrogens is 429 g/mol. The molecule has 2 aliphatic rings. The maximum absolute atomic E-state index is 14.5. The number of pyridine rings is 1. The first-order chi connectivity index (χ1) is 16.5. The number of halogens is 1. The lowest BCUT2D eigenvalue weighted by molar-refractivity contribution is -0.131. The highest BCUT2D eigenvalue weighted by atomic mass is 19.1. The summed E-state index contributed by atoms with van der Waals surface area (Å²) < 4.78 is 14.5. The lowest BCUT2D eigenvalue weighted by atomic mass is 9.73. The second-order valence-electron chi connectivity index (χ2n) is 8.81. The van der Waals surface area contributed by atoms with E-state index in [1.165, 1.54) is 12.0 Å². The number of aromatic nitrogens is 1. The lowest BCUT2D eigenvalue weighted by Crippen LogP contribution is -2.16. The van der Waals surface area contributed by atoms with Crippen molar-refractivity contribution in [1.82, 2.24) is 10.4 Å². The van der Waals surface area contributed by atoms with Gasteiger partial charge >= 0.3 is 5.97 Å². The van der Waals surface area contributed by atoms with E-state index >= 15 is 0 Å². The number of rotatable bonds is 6. The average Bonchev–Trinajstić information content (AvgIpc) is 3.17. The Balaban J connectivity index is 1.72. The van der Waals surface area contributed by atoms with E-state index in [1.54, 1.807) is 6.08 Å². The number of hydrogen-bond donors (Lipinski definition) is 3. The Hall–Kier alpha value is -3.77. The van der Waals surface area contributed by atoms with Crippen molar-refractivity contribution in [1.29, 1.82) is 0 Å². The number of carboxylic acids is 1. The summed E-state index contributed by atoms with van der Waals surface area (Å²) in [6.45, 7) is 2.08. The van der Waals surface area contributed by atoms with Gasteiger partial charge in [-0.25, -0.2) is 14.6 Å². The molecule has 2 aromatic carbocycles. The molecule has 0 spiro atoms. The fourth-order valence-corrected chi connectivity index (χ4v) is 4.65. The Bertz CT molecular complexity index is 1290. The van der Waals surface area contributed by atoms with Crippen LogP contribution in [0.1, 0.15) is 59.1 Å². The molecule has 34 heavy (non-hydrogen) atoms. The third-order valence-corrected chi connectivity index (χ3v) is 6.61. The van der Waals surface area contributed by atoms with Crippen LogP contribution in [-0.4, -0.2) is 16.1 Å². The summed E-state index contributed by atoms with van der Waals surface area (Å²) in [5.74, 6) is -0.607. The van der Waals surface area contributed by atoms with Crippen molar-refractivity contribution in [2.45, 2.75) is 32.5 Å². The van der Waals surface area contributed by atoms with Crippen LogP contribution in [0.5, 0.6) is 0 Å². The largest absolute Gasteiger partial charge is 0.478 e. The SMILES string of the molecule is Cc1cccnc1/C(=C(\c1ccc(/C=C/C(=O)O)cc1)c1ccc2c(c1)C(F)NN2)C1CCC1. The van der Waals surface area contributed by atoms with Crippen molar-refractivity contribution in [2.75, 3.05) is 5.43 Å². The standard InChI is InChI=1S/C28H26FN3O2/c1-17-4-3-15-30-27(17)26(19-5-2-6-19)25(20-10-7-18(8-11-20)9-14-24(33)34)21-12-13-23-22(16-21)28(29)32-31-23/h3-4,7-16,19,28,31-32H,2,5-6H2,1H3,(H,33,34)/b14-9+,26-25+. The zero-order chi connectivity index (χ0) is 23.7. The normalized spacial score (nSPS) is 18.2. The van der Waals surface area contributed by atoms with Crippen LogP contribution in [0.15, 0.2) is 66.9 Å². The third kappa shape index (κ3) is 4.24. The molecule has 5 rings (SSSR count). The summed E-state index contributed by atoms with van der Waals surface area (Å²) in [6.07, 6.45) is 6.62. The first kappa shape index (κ1) is 22.0. The maximum atomic E-state index is 14.5. The van der Waals surface area contributed by atoms with Gasteiger partial charge in [-0.05, 0) is 83.4 Å². The molecule has 1 fully saturated rings. The number of aryl methyl sites for hydroxylation is 1. The van der Waals surface area contributed by atoms with E-state index in [1.807, 2.05) is 54.7 Å². The molecule has 1 aromatic heterocycles. The van der Waals surface area contributed by atoms with Gasteiger partial charge in [-0.1, -0.05) is 42.8 Å². The molecule has 3 N–H and O–H groups in total. The average molecular weight is 456 g/mol. The Morgan fingerprint density at radius 3 is 2.56 bits per heavy atom. The zero-order valence-electron chi connectivity index (χ0n) is 18.9. The number of carboxylic acid groups (broad SMARTS) is 1. The van der Waals surface area contributed by atoms with Crippen molar-refractivity contribution in [3.63, 3.8) is 0 Å². The summed E-state index contributed by atoms with van der Waals surface area (Å²) >= 11 is 0. The second kappa shape index (κ2) is 9.23. The highest BCUT2D eigenvalue weighted by molar-refractivity contribution is 6.00. The van der Waals surface area contributed by atoms with Gasteiger partial charge in [-0.15, -0.1) is 0 Å². The molecule has 1 saturated carbocycles. The van der Waals surface area contributed by atoms with E-state index in [-0.39, 0.29) is 0 Å². The van der Waals surface area contributed by atoms with Crippen LogP contribution < -0.4 is 10.9 Å². The Morgan fingerprint density at radius 2 is 1.88 bits per heavy atom. The molecule has 0 saturated heterocycles. The lowest BCUT2D eigenvalue weighted by Gasteiger charge is -2.31. The Morgan fingerprint density at radius 1 is 1.12 bits per heavy atom. The van der Waals surface area contributed by atoms with E-state index in [9.17, 15) is 9.18 Å². The van der Waals surface area contributed by atoms with Crippen molar-refractivity contribution < 1.29 is 14.3 Å². The van der Waals surface area contributed by atoms with Crippen molar-refractivity contribution in [2.24, 2.45) is 5.92 Å². The minimum atomic E-state index is -1.27. The number of nitrogens with one attached hydrogen (secondary N) is 2. The molecule has 172 valence electrons. The number of hydrogen-bond acceptors (Lipinski definition) is 4. The minimum absolute atomic E-state index is 0.376. The van der Waals surface area contributed by atoms with E-state index < -0.39 is 12.3 Å². The third-order valence-electron chi connectivity index (χ3n) is 6.61. The second-order valence-corrected chi connectivity index (χ2v) is 8.81. The van der Waals surface area contributed by atoms with Crippen molar-refractivity contribution in [3.05, 3.63) is 100 Å². The van der Waals surface area contributed by atoms with Crippen LogP contribution in [0.4, 0.5) is 10.1 Å². The number of anilines is 1. The predicted octanol–water partition coefficient (Wildman–Crippen LogP) is 6.15. The molecule has 0 bridgehead atoms. The number of nitrogens with zero attached hydrogens (tertiary/aromatic N) is 1. The van der Waals surface area contributed by atoms with Gasteiger partial charge in [0.1, 0.15) is 0 Å². The topological polar surface area (TPSA) is 74.2 Å². The number of benzene rings is 2. The first-order valence-electron chi connectivity index (χ1n) is 11.5. The van der Waals surface area contributed by atoms with Gasteiger partial charge in [-0.2, -0.15) is 0 Å². The summed E-state index contributed by atoms with van der Waals surface area (Å²) in [5, 5.41) is 8.94. The van der Waals surface area contributed by atoms with Gasteiger partial charge in [0.05, 0.1) is 11.4 Å². The minimum Gasteiger partial charge on any atom is -0.478 e. The number of aliphatic carboxylic acids is 1. The smallest absolute Gasteiger partial charge is 0.328 e. The first-order valence-corrected chi connectivity index (χ1v) is 11.5. The summed E-state index contributed by atoms with van der Waals surface area (Å²) in [4.78, 5) is 15.7. The Labute approximate surface area is 198 Å². The molecular formula is C28H26FN3O2. The fourth-order valence-electron chi connectivity index (χ4n) is 4.65. The van der Waals surface area contributed by atoms with Gasteiger partial charge in [-0.3, -0.25) is 4.98 Å². The molecule has 0 amide bonds. The number of fused-ring (bicyclic) bond motifs is 1. The van der Waals surface area contributed by atoms with E-state index in [0.29, 0.717) is 11.5 Å². The summed E-state index contributed by atoms with van der Waals surface area (Å²) in [6, 6.07) is 17.7. The van der Waals surface area contributed by atoms with Crippen LogP contribution in [0.25, 0.3) is 17.2 Å². The maximum Gasteiger partial charge on any atom is 0.328 e. The molecule has 3 aromatic rings. The van der Waals surface area contributed by atoms with E-state index in [0.717, 1.165) is 58.1 Å².